The van der Waals surface area contributed by atoms with Crippen LogP contribution < -0.4 is 5.32 Å². The Hall–Kier alpha value is -2.41. The van der Waals surface area contributed by atoms with Crippen LogP contribution in [0.5, 0.6) is 0 Å². The molecule has 2 aromatic heterocycles. The summed E-state index contributed by atoms with van der Waals surface area (Å²) in [4.78, 5) is 21.8. The normalized spacial score (nSPS) is 19.8. The van der Waals surface area contributed by atoms with Crippen molar-refractivity contribution >= 4 is 23.3 Å². The van der Waals surface area contributed by atoms with E-state index in [4.69, 9.17) is 17.0 Å². The van der Waals surface area contributed by atoms with Crippen molar-refractivity contribution in [1.29, 1.82) is 0 Å². The number of nitrogens with one attached hydrogen (secondary N) is 2. The molecule has 0 saturated carbocycles. The SMILES string of the molecule is CCOC(=O)CN1C(=S)N[C@H](c2ccccn2)[C@H]1c1cc(C)[nH]c1C. The average Bonchev–Trinajstić information content (AvgIpc) is 3.08. The van der Waals surface area contributed by atoms with Crippen molar-refractivity contribution in [3.63, 3.8) is 0 Å². The van der Waals surface area contributed by atoms with Gasteiger partial charge in [-0.15, -0.1) is 0 Å². The van der Waals surface area contributed by atoms with E-state index in [1.54, 1.807) is 13.1 Å². The van der Waals surface area contributed by atoms with E-state index in [9.17, 15) is 4.79 Å². The summed E-state index contributed by atoms with van der Waals surface area (Å²) in [5, 5.41) is 3.86. The van der Waals surface area contributed by atoms with Crippen molar-refractivity contribution in [2.45, 2.75) is 32.9 Å². The smallest absolute Gasteiger partial charge is 0.325 e. The fourth-order valence-corrected chi connectivity index (χ4v) is 3.62. The number of rotatable bonds is 5. The molecule has 0 spiro atoms. The summed E-state index contributed by atoms with van der Waals surface area (Å²) in [5.74, 6) is -0.289. The lowest BCUT2D eigenvalue weighted by atomic mass is 9.97. The molecular formula is C18H22N4O2S. The number of pyridine rings is 1. The van der Waals surface area contributed by atoms with Crippen LogP contribution in [0.3, 0.4) is 0 Å². The highest BCUT2D eigenvalue weighted by Gasteiger charge is 2.41. The lowest BCUT2D eigenvalue weighted by Gasteiger charge is -2.27. The van der Waals surface area contributed by atoms with Gasteiger partial charge in [-0.05, 0) is 56.8 Å². The minimum atomic E-state index is -0.289. The second-order valence-electron chi connectivity index (χ2n) is 6.09. The highest BCUT2D eigenvalue weighted by Crippen LogP contribution is 2.39. The lowest BCUT2D eigenvalue weighted by Crippen LogP contribution is -2.35. The molecule has 0 radical (unpaired) electrons. The van der Waals surface area contributed by atoms with Gasteiger partial charge in [-0.25, -0.2) is 0 Å². The van der Waals surface area contributed by atoms with Crippen LogP contribution in [0.4, 0.5) is 0 Å². The Kier molecular flexibility index (Phi) is 5.03. The molecule has 1 saturated heterocycles. The van der Waals surface area contributed by atoms with E-state index in [2.05, 4.69) is 21.4 Å². The quantitative estimate of drug-likeness (QED) is 0.632. The van der Waals surface area contributed by atoms with Gasteiger partial charge < -0.3 is 19.9 Å². The summed E-state index contributed by atoms with van der Waals surface area (Å²) in [6.07, 6.45) is 1.76. The predicted octanol–water partition coefficient (Wildman–Crippen LogP) is 2.56. The fourth-order valence-electron chi connectivity index (χ4n) is 3.31. The third-order valence-electron chi connectivity index (χ3n) is 4.31. The number of H-pyrrole nitrogens is 1. The number of aromatic nitrogens is 2. The first-order valence-electron chi connectivity index (χ1n) is 8.31. The molecule has 2 N–H and O–H groups in total. The van der Waals surface area contributed by atoms with Crippen LogP contribution in [0.2, 0.25) is 0 Å². The van der Waals surface area contributed by atoms with Crippen LogP contribution in [0, 0.1) is 13.8 Å². The summed E-state index contributed by atoms with van der Waals surface area (Å²) >= 11 is 5.52. The molecular weight excluding hydrogens is 336 g/mol. The number of nitrogens with zero attached hydrogens (tertiary/aromatic N) is 2. The number of esters is 1. The number of thiocarbonyl (C=S) groups is 1. The largest absolute Gasteiger partial charge is 0.465 e. The standard InChI is InChI=1S/C18H22N4O2S/c1-4-24-15(23)10-22-17(13-9-11(2)20-12(13)3)16(21-18(22)25)14-7-5-6-8-19-14/h5-9,16-17,20H,4,10H2,1-3H3,(H,21,25)/t16-,17-/m1/s1. The van der Waals surface area contributed by atoms with Gasteiger partial charge in [-0.1, -0.05) is 6.07 Å². The first-order valence-corrected chi connectivity index (χ1v) is 8.72. The highest BCUT2D eigenvalue weighted by molar-refractivity contribution is 7.80. The molecule has 1 aliphatic rings. The second kappa shape index (κ2) is 7.23. The molecule has 0 aliphatic carbocycles. The monoisotopic (exact) mass is 358 g/mol. The van der Waals surface area contributed by atoms with Crippen LogP contribution in [0.15, 0.2) is 30.5 Å². The van der Waals surface area contributed by atoms with Crippen LogP contribution in [-0.2, 0) is 9.53 Å². The number of hydrogen-bond acceptors (Lipinski definition) is 4. The van der Waals surface area contributed by atoms with Crippen LogP contribution in [-0.4, -0.2) is 39.1 Å². The van der Waals surface area contributed by atoms with E-state index >= 15 is 0 Å². The van der Waals surface area contributed by atoms with Crippen LogP contribution >= 0.6 is 12.2 Å². The van der Waals surface area contributed by atoms with Gasteiger partial charge in [-0.2, -0.15) is 0 Å². The maximum Gasteiger partial charge on any atom is 0.325 e. The van der Waals surface area contributed by atoms with Crippen molar-refractivity contribution in [1.82, 2.24) is 20.2 Å². The van der Waals surface area contributed by atoms with Crippen molar-refractivity contribution in [3.8, 4) is 0 Å². The Morgan fingerprint density at radius 1 is 1.40 bits per heavy atom. The van der Waals surface area contributed by atoms with Crippen LogP contribution in [0.1, 0.15) is 41.7 Å². The van der Waals surface area contributed by atoms with Crippen molar-refractivity contribution in [3.05, 3.63) is 53.1 Å². The molecule has 7 heteroatoms. The maximum atomic E-state index is 12.1. The summed E-state index contributed by atoms with van der Waals surface area (Å²) in [5.41, 5.74) is 4.12. The molecule has 3 heterocycles. The topological polar surface area (TPSA) is 70.2 Å². The number of ether oxygens (including phenoxy) is 1. The number of hydrogen-bond donors (Lipinski definition) is 2. The lowest BCUT2D eigenvalue weighted by molar-refractivity contribution is -0.143. The number of carbonyl (C=O) groups is 1. The van der Waals surface area contributed by atoms with E-state index in [1.165, 1.54) is 0 Å². The van der Waals surface area contributed by atoms with Gasteiger partial charge in [0.15, 0.2) is 5.11 Å². The molecule has 25 heavy (non-hydrogen) atoms. The van der Waals surface area contributed by atoms with Gasteiger partial charge in [0, 0.05) is 17.6 Å². The maximum absolute atomic E-state index is 12.1. The van der Waals surface area contributed by atoms with E-state index < -0.39 is 0 Å². The second-order valence-corrected chi connectivity index (χ2v) is 6.48. The highest BCUT2D eigenvalue weighted by atomic mass is 32.1. The summed E-state index contributed by atoms with van der Waals surface area (Å²) in [6.45, 7) is 6.30. The molecule has 6 nitrogen and oxygen atoms in total. The van der Waals surface area contributed by atoms with Gasteiger partial charge in [0.2, 0.25) is 0 Å². The molecule has 132 valence electrons. The Morgan fingerprint density at radius 3 is 2.80 bits per heavy atom. The van der Waals surface area contributed by atoms with Gasteiger partial charge in [0.05, 0.1) is 24.4 Å². The van der Waals surface area contributed by atoms with Crippen molar-refractivity contribution in [2.24, 2.45) is 0 Å². The first-order chi connectivity index (χ1) is 12.0. The van der Waals surface area contributed by atoms with Gasteiger partial charge in [0.1, 0.15) is 6.54 Å². The Bertz CT molecular complexity index is 775. The zero-order valence-corrected chi connectivity index (χ0v) is 15.4. The van der Waals surface area contributed by atoms with E-state index in [1.807, 2.05) is 36.9 Å². The minimum absolute atomic E-state index is 0.108. The van der Waals surface area contributed by atoms with E-state index in [0.717, 1.165) is 22.6 Å². The molecule has 0 bridgehead atoms. The van der Waals surface area contributed by atoms with Crippen molar-refractivity contribution < 1.29 is 9.53 Å². The molecule has 0 aromatic carbocycles. The molecule has 0 unspecified atom stereocenters. The third kappa shape index (κ3) is 3.51. The first kappa shape index (κ1) is 17.4. The summed E-state index contributed by atoms with van der Waals surface area (Å²) < 4.78 is 5.12. The van der Waals surface area contributed by atoms with Gasteiger partial charge in [0.25, 0.3) is 0 Å². The zero-order valence-electron chi connectivity index (χ0n) is 14.6. The summed E-state index contributed by atoms with van der Waals surface area (Å²) in [6, 6.07) is 7.65. The molecule has 2 aromatic rings. The van der Waals surface area contributed by atoms with Gasteiger partial charge >= 0.3 is 5.97 Å². The molecule has 0 amide bonds. The molecule has 1 aliphatic heterocycles. The van der Waals surface area contributed by atoms with E-state index in [0.29, 0.717) is 11.7 Å². The van der Waals surface area contributed by atoms with Crippen molar-refractivity contribution in [2.75, 3.05) is 13.2 Å². The Balaban J connectivity index is 2.00. The number of aromatic amines is 1. The minimum Gasteiger partial charge on any atom is -0.465 e. The Morgan fingerprint density at radius 2 is 2.20 bits per heavy atom. The zero-order chi connectivity index (χ0) is 18.0. The Labute approximate surface area is 152 Å². The summed E-state index contributed by atoms with van der Waals surface area (Å²) in [7, 11) is 0. The third-order valence-corrected chi connectivity index (χ3v) is 4.66. The molecule has 2 atom stereocenters. The number of carbonyl (C=O) groups excluding carboxylic acids is 1. The van der Waals surface area contributed by atoms with Gasteiger partial charge in [-0.3, -0.25) is 9.78 Å². The average molecular weight is 358 g/mol. The molecule has 1 fully saturated rings. The molecule has 3 rings (SSSR count). The number of aryl methyl sites for hydroxylation is 2. The van der Waals surface area contributed by atoms with E-state index in [-0.39, 0.29) is 24.6 Å². The van der Waals surface area contributed by atoms with Crippen LogP contribution in [0.25, 0.3) is 0 Å². The predicted molar refractivity (Wildman–Crippen MR) is 99.1 cm³/mol. The fraction of sp³-hybridized carbons (Fsp3) is 0.389.